The lowest BCUT2D eigenvalue weighted by Crippen LogP contribution is -2.18. The van der Waals surface area contributed by atoms with Crippen LogP contribution in [0.25, 0.3) is 0 Å². The van der Waals surface area contributed by atoms with Crippen LogP contribution in [-0.2, 0) is 12.6 Å². The van der Waals surface area contributed by atoms with Gasteiger partial charge in [-0.3, -0.25) is 5.10 Å². The molecule has 8 nitrogen and oxygen atoms in total. The number of nitrogens with one attached hydrogen (secondary N) is 2. The third-order valence-corrected chi connectivity index (χ3v) is 3.33. The molecular formula is C14H17F3N8. The van der Waals surface area contributed by atoms with Crippen LogP contribution in [0.1, 0.15) is 23.4 Å². The fourth-order valence-corrected chi connectivity index (χ4v) is 2.05. The van der Waals surface area contributed by atoms with Gasteiger partial charge in [-0.2, -0.15) is 28.5 Å². The van der Waals surface area contributed by atoms with Crippen LogP contribution in [-0.4, -0.2) is 40.8 Å². The number of halogens is 3. The summed E-state index contributed by atoms with van der Waals surface area (Å²) in [6, 6.07) is 2.84. The summed E-state index contributed by atoms with van der Waals surface area (Å²) in [5.41, 5.74) is 5.39. The van der Waals surface area contributed by atoms with Crippen molar-refractivity contribution < 1.29 is 13.2 Å². The minimum absolute atomic E-state index is 0.108. The molecule has 2 rings (SSSR count). The Labute approximate surface area is 141 Å². The lowest BCUT2D eigenvalue weighted by Gasteiger charge is -2.15. The summed E-state index contributed by atoms with van der Waals surface area (Å²) in [4.78, 5) is 9.01. The van der Waals surface area contributed by atoms with Gasteiger partial charge in [-0.25, -0.2) is 4.98 Å². The van der Waals surface area contributed by atoms with Gasteiger partial charge >= 0.3 is 6.18 Å². The highest BCUT2D eigenvalue weighted by atomic mass is 19.4. The van der Waals surface area contributed by atoms with Gasteiger partial charge in [-0.15, -0.1) is 0 Å². The van der Waals surface area contributed by atoms with Crippen molar-refractivity contribution in [2.75, 3.05) is 36.6 Å². The van der Waals surface area contributed by atoms with Crippen molar-refractivity contribution in [3.05, 3.63) is 23.0 Å². The second-order valence-electron chi connectivity index (χ2n) is 5.43. The summed E-state index contributed by atoms with van der Waals surface area (Å²) in [6.45, 7) is 0.317. The van der Waals surface area contributed by atoms with Crippen molar-refractivity contribution in [3.63, 3.8) is 0 Å². The van der Waals surface area contributed by atoms with Gasteiger partial charge < -0.3 is 16.0 Å². The molecule has 134 valence electrons. The topological polar surface area (TPSA) is 120 Å². The molecule has 0 aliphatic heterocycles. The van der Waals surface area contributed by atoms with Gasteiger partial charge in [0, 0.05) is 26.7 Å². The fourth-order valence-electron chi connectivity index (χ4n) is 2.05. The van der Waals surface area contributed by atoms with Crippen molar-refractivity contribution in [3.8, 4) is 6.07 Å². The number of hydrogen-bond acceptors (Lipinski definition) is 7. The van der Waals surface area contributed by atoms with Crippen molar-refractivity contribution in [2.24, 2.45) is 0 Å². The van der Waals surface area contributed by atoms with Gasteiger partial charge in [-0.05, 0) is 12.8 Å². The number of aromatic amines is 1. The third-order valence-electron chi connectivity index (χ3n) is 3.33. The number of nitrogens with two attached hydrogens (primary N) is 1. The Morgan fingerprint density at radius 3 is 2.68 bits per heavy atom. The Balaban J connectivity index is 2.03. The monoisotopic (exact) mass is 354 g/mol. The molecule has 0 amide bonds. The van der Waals surface area contributed by atoms with Crippen LogP contribution >= 0.6 is 0 Å². The van der Waals surface area contributed by atoms with E-state index in [0.29, 0.717) is 25.1 Å². The maximum Gasteiger partial charge on any atom is 0.433 e. The number of anilines is 3. The van der Waals surface area contributed by atoms with Crippen LogP contribution in [0.2, 0.25) is 0 Å². The highest BCUT2D eigenvalue weighted by Crippen LogP contribution is 2.30. The largest absolute Gasteiger partial charge is 0.433 e. The fraction of sp³-hybridized carbons (Fsp3) is 0.429. The van der Waals surface area contributed by atoms with Crippen molar-refractivity contribution >= 4 is 17.6 Å². The maximum atomic E-state index is 12.9. The lowest BCUT2D eigenvalue weighted by molar-refractivity contribution is -0.141. The Morgan fingerprint density at radius 1 is 1.36 bits per heavy atom. The van der Waals surface area contributed by atoms with Crippen LogP contribution in [0.5, 0.6) is 0 Å². The normalized spacial score (nSPS) is 11.2. The van der Waals surface area contributed by atoms with E-state index in [4.69, 9.17) is 11.0 Å². The number of nitrogen functional groups attached to an aromatic ring is 1. The first-order chi connectivity index (χ1) is 11.7. The number of nitrogens with zero attached hydrogens (tertiary/aromatic N) is 5. The molecular weight excluding hydrogens is 337 g/mol. The molecule has 25 heavy (non-hydrogen) atoms. The first kappa shape index (κ1) is 18.3. The number of aromatic nitrogens is 4. The minimum atomic E-state index is -4.56. The minimum Gasteiger partial charge on any atom is -0.381 e. The molecule has 0 saturated carbocycles. The lowest BCUT2D eigenvalue weighted by atomic mass is 10.1. The van der Waals surface area contributed by atoms with Gasteiger partial charge in [0.15, 0.2) is 11.5 Å². The Morgan fingerprint density at radius 2 is 2.08 bits per heavy atom. The molecule has 0 aromatic carbocycles. The molecule has 2 heterocycles. The number of alkyl halides is 3. The zero-order chi connectivity index (χ0) is 18.6. The molecule has 0 saturated heterocycles. The van der Waals surface area contributed by atoms with Gasteiger partial charge in [0.1, 0.15) is 17.5 Å². The summed E-state index contributed by atoms with van der Waals surface area (Å²) < 4.78 is 38.7. The Hall–Kier alpha value is -3.03. The SMILES string of the molecule is CN(C)c1cc(C(F)(F)F)nc(NCCCc2[nH]nc(N)c2C#N)n1. The number of aryl methyl sites for hydroxylation is 1. The van der Waals surface area contributed by atoms with E-state index in [2.05, 4.69) is 25.5 Å². The summed E-state index contributed by atoms with van der Waals surface area (Å²) >= 11 is 0. The molecule has 2 aromatic heterocycles. The van der Waals surface area contributed by atoms with E-state index in [1.165, 1.54) is 4.90 Å². The van der Waals surface area contributed by atoms with Crippen molar-refractivity contribution in [1.82, 2.24) is 20.2 Å². The maximum absolute atomic E-state index is 12.9. The second kappa shape index (κ2) is 7.25. The quantitative estimate of drug-likeness (QED) is 0.676. The smallest absolute Gasteiger partial charge is 0.381 e. The van der Waals surface area contributed by atoms with Gasteiger partial charge in [0.25, 0.3) is 0 Å². The predicted octanol–water partition coefficient (Wildman–Crippen LogP) is 1.78. The molecule has 0 aliphatic rings. The van der Waals surface area contributed by atoms with Crippen molar-refractivity contribution in [1.29, 1.82) is 5.26 Å². The van der Waals surface area contributed by atoms with E-state index in [-0.39, 0.29) is 23.1 Å². The number of hydrogen-bond donors (Lipinski definition) is 3. The second-order valence-corrected chi connectivity index (χ2v) is 5.43. The van der Waals surface area contributed by atoms with Crippen LogP contribution in [0, 0.1) is 11.3 Å². The first-order valence-electron chi connectivity index (χ1n) is 7.32. The van der Waals surface area contributed by atoms with E-state index in [9.17, 15) is 13.2 Å². The van der Waals surface area contributed by atoms with Crippen LogP contribution in [0.4, 0.5) is 30.8 Å². The molecule has 0 aliphatic carbocycles. The van der Waals surface area contributed by atoms with Crippen LogP contribution in [0.3, 0.4) is 0 Å². The Kier molecular flexibility index (Phi) is 5.31. The molecule has 0 spiro atoms. The standard InChI is InChI=1S/C14H17F3N8/c1-25(2)11-6-10(14(15,16)17)21-13(22-11)20-5-3-4-9-8(7-18)12(19)24-23-9/h6H,3-5H2,1-2H3,(H3,19,23,24)(H,20,21,22). The average molecular weight is 354 g/mol. The van der Waals surface area contributed by atoms with Crippen LogP contribution < -0.4 is 16.0 Å². The number of H-pyrrole nitrogens is 1. The van der Waals surface area contributed by atoms with E-state index in [1.54, 1.807) is 14.1 Å². The molecule has 0 atom stereocenters. The highest BCUT2D eigenvalue weighted by molar-refractivity contribution is 5.51. The van der Waals surface area contributed by atoms with E-state index >= 15 is 0 Å². The summed E-state index contributed by atoms with van der Waals surface area (Å²) in [7, 11) is 3.19. The number of nitriles is 1. The Bertz CT molecular complexity index is 775. The summed E-state index contributed by atoms with van der Waals surface area (Å²) in [5, 5.41) is 18.2. The van der Waals surface area contributed by atoms with Gasteiger partial charge in [0.05, 0.1) is 5.69 Å². The molecule has 0 radical (unpaired) electrons. The van der Waals surface area contributed by atoms with Gasteiger partial charge in [-0.1, -0.05) is 0 Å². The first-order valence-corrected chi connectivity index (χ1v) is 7.32. The van der Waals surface area contributed by atoms with Crippen molar-refractivity contribution in [2.45, 2.75) is 19.0 Å². The predicted molar refractivity (Wildman–Crippen MR) is 85.9 cm³/mol. The molecule has 4 N–H and O–H groups in total. The van der Waals surface area contributed by atoms with E-state index in [0.717, 1.165) is 6.07 Å². The zero-order valence-electron chi connectivity index (χ0n) is 13.6. The molecule has 0 unspecified atom stereocenters. The highest BCUT2D eigenvalue weighted by Gasteiger charge is 2.34. The molecule has 0 fully saturated rings. The summed E-state index contributed by atoms with van der Waals surface area (Å²) in [6.07, 6.45) is -3.58. The van der Waals surface area contributed by atoms with Crippen LogP contribution in [0.15, 0.2) is 6.07 Å². The van der Waals surface area contributed by atoms with E-state index < -0.39 is 11.9 Å². The van der Waals surface area contributed by atoms with E-state index in [1.807, 2.05) is 6.07 Å². The molecule has 11 heteroatoms. The zero-order valence-corrected chi connectivity index (χ0v) is 13.6. The molecule has 0 bridgehead atoms. The number of rotatable bonds is 6. The third kappa shape index (κ3) is 4.50. The average Bonchev–Trinajstić information content (AvgIpc) is 2.90. The summed E-state index contributed by atoms with van der Waals surface area (Å²) in [5.74, 6) is 0.170. The molecule has 2 aromatic rings. The van der Waals surface area contributed by atoms with Gasteiger partial charge in [0.2, 0.25) is 5.95 Å².